The molecule has 0 amide bonds. The Hall–Kier alpha value is -3.82. The van der Waals surface area contributed by atoms with E-state index in [1.54, 1.807) is 24.3 Å². The van der Waals surface area contributed by atoms with Crippen molar-refractivity contribution in [3.63, 3.8) is 0 Å². The highest BCUT2D eigenvalue weighted by atomic mass is 16.6. The number of rotatable bonds is 6. The summed E-state index contributed by atoms with van der Waals surface area (Å²) in [5.74, 6) is -1.17. The first-order valence-corrected chi connectivity index (χ1v) is 7.86. The quantitative estimate of drug-likeness (QED) is 0.285. The van der Waals surface area contributed by atoms with Crippen molar-refractivity contribution in [3.05, 3.63) is 58.6 Å². The van der Waals surface area contributed by atoms with Gasteiger partial charge in [0, 0.05) is 12.1 Å². The van der Waals surface area contributed by atoms with Gasteiger partial charge in [-0.3, -0.25) is 19.7 Å². The van der Waals surface area contributed by atoms with Crippen LogP contribution in [0.5, 0.6) is 0 Å². The number of hydrogen-bond acceptors (Lipinski definition) is 8. The summed E-state index contributed by atoms with van der Waals surface area (Å²) in [6, 6.07) is 12.1. The molecular weight excluding hydrogens is 352 g/mol. The molecular formula is C17H14N6O4. The normalized spacial score (nSPS) is 11.8. The molecule has 0 aliphatic heterocycles. The number of nitro benzene ring substituents is 1. The minimum Gasteiger partial charge on any atom is -0.294 e. The molecule has 0 unspecified atom stereocenters. The van der Waals surface area contributed by atoms with Gasteiger partial charge in [-0.25, -0.2) is 4.68 Å². The molecule has 0 aliphatic rings. The van der Waals surface area contributed by atoms with E-state index in [0.717, 1.165) is 4.68 Å². The van der Waals surface area contributed by atoms with E-state index in [4.69, 9.17) is 0 Å². The summed E-state index contributed by atoms with van der Waals surface area (Å²) in [5.41, 5.74) is -0.935. The fourth-order valence-corrected chi connectivity index (χ4v) is 2.61. The summed E-state index contributed by atoms with van der Waals surface area (Å²) >= 11 is 0. The lowest BCUT2D eigenvalue weighted by Gasteiger charge is -2.23. The van der Waals surface area contributed by atoms with Crippen LogP contribution in [-0.4, -0.2) is 31.5 Å². The molecule has 0 N–H and O–H groups in total. The number of nitro groups is 1. The van der Waals surface area contributed by atoms with Crippen molar-refractivity contribution in [3.8, 4) is 0 Å². The van der Waals surface area contributed by atoms with E-state index in [0.29, 0.717) is 11.0 Å². The summed E-state index contributed by atoms with van der Waals surface area (Å²) in [5, 5.41) is 26.6. The third-order valence-electron chi connectivity index (χ3n) is 4.01. The number of azo groups is 1. The van der Waals surface area contributed by atoms with E-state index >= 15 is 0 Å². The zero-order valence-corrected chi connectivity index (χ0v) is 14.4. The van der Waals surface area contributed by atoms with Crippen molar-refractivity contribution in [2.24, 2.45) is 10.2 Å². The first kappa shape index (κ1) is 18.0. The lowest BCUT2D eigenvalue weighted by molar-refractivity contribution is -0.384. The Kier molecular flexibility index (Phi) is 4.55. The smallest absolute Gasteiger partial charge is 0.289 e. The predicted molar refractivity (Wildman–Crippen MR) is 94.5 cm³/mol. The van der Waals surface area contributed by atoms with Gasteiger partial charge in [-0.1, -0.05) is 17.3 Å². The molecule has 0 aliphatic carbocycles. The van der Waals surface area contributed by atoms with Gasteiger partial charge in [-0.05, 0) is 38.1 Å². The summed E-state index contributed by atoms with van der Waals surface area (Å²) in [6.07, 6.45) is 0. The van der Waals surface area contributed by atoms with Crippen LogP contribution in [0.4, 0.5) is 11.4 Å². The first-order valence-electron chi connectivity index (χ1n) is 7.86. The van der Waals surface area contributed by atoms with Crippen molar-refractivity contribution < 1.29 is 14.5 Å². The zero-order chi connectivity index (χ0) is 19.6. The second kappa shape index (κ2) is 6.83. The van der Waals surface area contributed by atoms with Gasteiger partial charge in [0.1, 0.15) is 5.52 Å². The number of non-ortho nitro benzene ring substituents is 1. The van der Waals surface area contributed by atoms with E-state index in [-0.39, 0.29) is 11.4 Å². The minimum absolute atomic E-state index is 0.111. The van der Waals surface area contributed by atoms with Crippen LogP contribution in [0.15, 0.2) is 58.8 Å². The highest BCUT2D eigenvalue weighted by Gasteiger charge is 2.45. The highest BCUT2D eigenvalue weighted by molar-refractivity contribution is 6.07. The number of Topliss-reactive ketones (excluding diaryl/α,β-unsaturated/α-hetero) is 2. The maximum absolute atomic E-state index is 12.5. The van der Waals surface area contributed by atoms with Crippen LogP contribution in [0, 0.1) is 10.1 Å². The minimum atomic E-state index is -2.02. The molecule has 10 nitrogen and oxygen atoms in total. The molecule has 3 aromatic rings. The van der Waals surface area contributed by atoms with Crippen molar-refractivity contribution in [1.82, 2.24) is 15.0 Å². The van der Waals surface area contributed by atoms with Crippen molar-refractivity contribution >= 4 is 34.0 Å². The molecule has 1 heterocycles. The summed E-state index contributed by atoms with van der Waals surface area (Å²) < 4.78 is 1.14. The molecule has 3 rings (SSSR count). The van der Waals surface area contributed by atoms with Crippen LogP contribution in [0.3, 0.4) is 0 Å². The summed E-state index contributed by atoms with van der Waals surface area (Å²) in [4.78, 5) is 35.1. The van der Waals surface area contributed by atoms with E-state index < -0.39 is 22.2 Å². The highest BCUT2D eigenvalue weighted by Crippen LogP contribution is 2.28. The molecule has 10 heteroatoms. The summed E-state index contributed by atoms with van der Waals surface area (Å²) in [6.45, 7) is 2.43. The van der Waals surface area contributed by atoms with Gasteiger partial charge in [0.15, 0.2) is 11.6 Å². The molecule has 0 bridgehead atoms. The Morgan fingerprint density at radius 3 is 2.30 bits per heavy atom. The molecule has 2 aromatic carbocycles. The fraction of sp³-hybridized carbons (Fsp3) is 0.176. The molecule has 0 saturated carbocycles. The largest absolute Gasteiger partial charge is 0.294 e. The lowest BCUT2D eigenvalue weighted by Crippen LogP contribution is -2.45. The van der Waals surface area contributed by atoms with E-state index in [1.807, 2.05) is 0 Å². The Bertz CT molecular complexity index is 1060. The van der Waals surface area contributed by atoms with Crippen LogP contribution >= 0.6 is 0 Å². The van der Waals surface area contributed by atoms with Crippen molar-refractivity contribution in [2.45, 2.75) is 19.5 Å². The molecule has 0 radical (unpaired) electrons. The topological polar surface area (TPSA) is 133 Å². The number of hydrogen-bond donors (Lipinski definition) is 0. The average molecular weight is 366 g/mol. The SMILES string of the molecule is CC(=O)C(N=Nc1ccc([N+](=O)[O-])cc1)(C(C)=O)n1nnc2ccccc21. The summed E-state index contributed by atoms with van der Waals surface area (Å²) in [7, 11) is 0. The zero-order valence-electron chi connectivity index (χ0n) is 14.4. The van der Waals surface area contributed by atoms with Crippen LogP contribution in [0.1, 0.15) is 13.8 Å². The first-order chi connectivity index (χ1) is 12.9. The number of fused-ring (bicyclic) bond motifs is 1. The lowest BCUT2D eigenvalue weighted by atomic mass is 10.0. The number of aromatic nitrogens is 3. The molecule has 136 valence electrons. The van der Waals surface area contributed by atoms with E-state index in [1.165, 1.54) is 38.1 Å². The molecule has 0 fully saturated rings. The maximum atomic E-state index is 12.5. The second-order valence-electron chi connectivity index (χ2n) is 5.75. The number of ketones is 2. The van der Waals surface area contributed by atoms with Crippen LogP contribution < -0.4 is 0 Å². The number of carbonyl (C=O) groups is 2. The molecule has 1 aromatic heterocycles. The van der Waals surface area contributed by atoms with Gasteiger partial charge >= 0.3 is 0 Å². The molecule has 0 atom stereocenters. The van der Waals surface area contributed by atoms with Crippen LogP contribution in [0.2, 0.25) is 0 Å². The molecule has 0 spiro atoms. The van der Waals surface area contributed by atoms with E-state index in [2.05, 4.69) is 20.5 Å². The number of para-hydroxylation sites is 1. The average Bonchev–Trinajstić information content (AvgIpc) is 3.07. The number of carbonyl (C=O) groups excluding carboxylic acids is 2. The van der Waals surface area contributed by atoms with Crippen LogP contribution in [-0.2, 0) is 15.3 Å². The van der Waals surface area contributed by atoms with E-state index in [9.17, 15) is 19.7 Å². The predicted octanol–water partition coefficient (Wildman–Crippen LogP) is 2.95. The van der Waals surface area contributed by atoms with Crippen LogP contribution in [0.25, 0.3) is 11.0 Å². The Labute approximate surface area is 152 Å². The van der Waals surface area contributed by atoms with Gasteiger partial charge in [0.25, 0.3) is 11.4 Å². The van der Waals surface area contributed by atoms with Crippen molar-refractivity contribution in [2.75, 3.05) is 0 Å². The second-order valence-corrected chi connectivity index (χ2v) is 5.75. The Balaban J connectivity index is 2.12. The standard InChI is InChI=1S/C17H14N6O4/c1-11(24)17(12(2)25,22-16-6-4-3-5-15(16)19-21-22)20-18-13-7-9-14(10-8-13)23(26)27/h3-10H,1-2H3. The third-order valence-corrected chi connectivity index (χ3v) is 4.01. The van der Waals surface area contributed by atoms with Gasteiger partial charge in [-0.2, -0.15) is 5.11 Å². The monoisotopic (exact) mass is 366 g/mol. The number of benzene rings is 2. The Morgan fingerprint density at radius 2 is 1.70 bits per heavy atom. The van der Waals surface area contributed by atoms with Gasteiger partial charge in [0.05, 0.1) is 16.1 Å². The Morgan fingerprint density at radius 1 is 1.07 bits per heavy atom. The van der Waals surface area contributed by atoms with Gasteiger partial charge in [0.2, 0.25) is 0 Å². The number of nitrogens with zero attached hydrogens (tertiary/aromatic N) is 6. The third kappa shape index (κ3) is 3.08. The maximum Gasteiger partial charge on any atom is 0.289 e. The van der Waals surface area contributed by atoms with Gasteiger partial charge in [-0.15, -0.1) is 10.2 Å². The van der Waals surface area contributed by atoms with Crippen molar-refractivity contribution in [1.29, 1.82) is 0 Å². The molecule has 0 saturated heterocycles. The van der Waals surface area contributed by atoms with Gasteiger partial charge < -0.3 is 0 Å². The molecule has 27 heavy (non-hydrogen) atoms. The fourth-order valence-electron chi connectivity index (χ4n) is 2.61.